The number of aromatic nitrogens is 2. The van der Waals surface area contributed by atoms with Gasteiger partial charge in [-0.25, -0.2) is 4.79 Å². The number of rotatable bonds is 2. The molecule has 10 heteroatoms. The van der Waals surface area contributed by atoms with E-state index in [2.05, 4.69) is 15.5 Å². The fraction of sp³-hybridized carbons (Fsp3) is 0.615. The SMILES string of the molecule is O=C(O)N1C[C@H]2C[C@@H](Nc3nnc(Cl)cc3C(F)(F)F)C[C@H]2C1. The Bertz CT molecular complexity index is 614. The Morgan fingerprint density at radius 2 is 1.91 bits per heavy atom. The monoisotopic (exact) mass is 350 g/mol. The largest absolute Gasteiger partial charge is 0.465 e. The van der Waals surface area contributed by atoms with Crippen LogP contribution in [-0.4, -0.2) is 45.4 Å². The summed E-state index contributed by atoms with van der Waals surface area (Å²) in [5.41, 5.74) is -0.943. The number of nitrogens with zero attached hydrogens (tertiary/aromatic N) is 3. The highest BCUT2D eigenvalue weighted by Gasteiger charge is 2.43. The highest BCUT2D eigenvalue weighted by molar-refractivity contribution is 6.29. The Morgan fingerprint density at radius 3 is 2.43 bits per heavy atom. The van der Waals surface area contributed by atoms with E-state index in [1.165, 1.54) is 4.90 Å². The van der Waals surface area contributed by atoms with Crippen LogP contribution in [0.5, 0.6) is 0 Å². The second-order valence-corrected chi connectivity index (χ2v) is 6.33. The van der Waals surface area contributed by atoms with E-state index in [-0.39, 0.29) is 28.8 Å². The van der Waals surface area contributed by atoms with E-state index in [4.69, 9.17) is 16.7 Å². The molecule has 6 nitrogen and oxygen atoms in total. The molecule has 0 aromatic carbocycles. The molecule has 0 radical (unpaired) electrons. The standard InChI is InChI=1S/C13H14ClF3N4O2/c14-10-3-9(13(15,16)17)11(20-19-10)18-8-1-6-4-21(12(22)23)5-7(6)2-8/h3,6-8H,1-2,4-5H2,(H,18,20)(H,22,23)/t6-,7+,8-. The number of nitrogens with one attached hydrogen (secondary N) is 1. The van der Waals surface area contributed by atoms with Crippen molar-refractivity contribution >= 4 is 23.5 Å². The molecule has 1 amide bonds. The second kappa shape index (κ2) is 5.70. The number of halogens is 4. The first kappa shape index (κ1) is 16.1. The van der Waals surface area contributed by atoms with E-state index in [1.54, 1.807) is 0 Å². The maximum Gasteiger partial charge on any atom is 0.420 e. The molecule has 0 unspecified atom stereocenters. The van der Waals surface area contributed by atoms with Crippen LogP contribution >= 0.6 is 11.6 Å². The molecule has 2 aliphatic rings. The minimum Gasteiger partial charge on any atom is -0.465 e. The summed E-state index contributed by atoms with van der Waals surface area (Å²) in [5, 5.41) is 18.5. The summed E-state index contributed by atoms with van der Waals surface area (Å²) in [6, 6.07) is 0.566. The molecule has 2 heterocycles. The average molecular weight is 351 g/mol. The van der Waals surface area contributed by atoms with E-state index in [1.807, 2.05) is 0 Å². The first-order valence-corrected chi connectivity index (χ1v) is 7.46. The number of carboxylic acid groups (broad SMARTS) is 1. The molecule has 1 saturated heterocycles. The molecule has 2 N–H and O–H groups in total. The molecule has 1 aliphatic carbocycles. The lowest BCUT2D eigenvalue weighted by Gasteiger charge is -2.19. The zero-order valence-corrected chi connectivity index (χ0v) is 12.6. The van der Waals surface area contributed by atoms with E-state index in [0.717, 1.165) is 6.07 Å². The summed E-state index contributed by atoms with van der Waals surface area (Å²) < 4.78 is 39.1. The molecule has 0 spiro atoms. The number of hydrogen-bond acceptors (Lipinski definition) is 4. The van der Waals surface area contributed by atoms with Crippen molar-refractivity contribution in [3.8, 4) is 0 Å². The number of likely N-dealkylation sites (tertiary alicyclic amines) is 1. The van der Waals surface area contributed by atoms with Crippen LogP contribution in [0.2, 0.25) is 5.15 Å². The molecule has 3 atom stereocenters. The van der Waals surface area contributed by atoms with Gasteiger partial charge in [0.25, 0.3) is 0 Å². The smallest absolute Gasteiger partial charge is 0.420 e. The topological polar surface area (TPSA) is 78.4 Å². The highest BCUT2D eigenvalue weighted by atomic mass is 35.5. The molecule has 126 valence electrons. The minimum atomic E-state index is -4.57. The van der Waals surface area contributed by atoms with E-state index < -0.39 is 17.8 Å². The molecule has 2 fully saturated rings. The Kier molecular flexibility index (Phi) is 3.99. The third kappa shape index (κ3) is 3.29. The number of amides is 1. The molecule has 3 rings (SSSR count). The van der Waals surface area contributed by atoms with Gasteiger partial charge in [-0.2, -0.15) is 13.2 Å². The summed E-state index contributed by atoms with van der Waals surface area (Å²) in [6.07, 6.45) is -4.31. The van der Waals surface area contributed by atoms with Crippen LogP contribution in [0.3, 0.4) is 0 Å². The molecule has 1 saturated carbocycles. The first-order valence-electron chi connectivity index (χ1n) is 7.09. The summed E-state index contributed by atoms with van der Waals surface area (Å²) in [5.74, 6) is -0.00152. The second-order valence-electron chi connectivity index (χ2n) is 5.95. The van der Waals surface area contributed by atoms with Gasteiger partial charge in [0, 0.05) is 19.1 Å². The lowest BCUT2D eigenvalue weighted by molar-refractivity contribution is -0.137. The van der Waals surface area contributed by atoms with Crippen molar-refractivity contribution in [1.29, 1.82) is 0 Å². The lowest BCUT2D eigenvalue weighted by Crippen LogP contribution is -2.30. The molecule has 0 bridgehead atoms. The fourth-order valence-electron chi connectivity index (χ4n) is 3.46. The third-order valence-corrected chi connectivity index (χ3v) is 4.62. The average Bonchev–Trinajstić information content (AvgIpc) is 2.97. The van der Waals surface area contributed by atoms with Gasteiger partial charge in [0.05, 0.1) is 0 Å². The van der Waals surface area contributed by atoms with Crippen molar-refractivity contribution in [2.45, 2.75) is 25.1 Å². The van der Waals surface area contributed by atoms with Gasteiger partial charge in [0.2, 0.25) is 0 Å². The van der Waals surface area contributed by atoms with Crippen molar-refractivity contribution in [3.63, 3.8) is 0 Å². The van der Waals surface area contributed by atoms with Crippen molar-refractivity contribution in [2.24, 2.45) is 11.8 Å². The molecule has 23 heavy (non-hydrogen) atoms. The zero-order valence-electron chi connectivity index (χ0n) is 11.8. The molecule has 1 aromatic heterocycles. The number of alkyl halides is 3. The van der Waals surface area contributed by atoms with E-state index in [9.17, 15) is 18.0 Å². The van der Waals surface area contributed by atoms with Crippen LogP contribution in [-0.2, 0) is 6.18 Å². The maximum absolute atomic E-state index is 13.0. The van der Waals surface area contributed by atoms with Gasteiger partial charge in [-0.05, 0) is 30.7 Å². The fourth-order valence-corrected chi connectivity index (χ4v) is 3.60. The van der Waals surface area contributed by atoms with Crippen molar-refractivity contribution in [3.05, 3.63) is 16.8 Å². The van der Waals surface area contributed by atoms with Gasteiger partial charge >= 0.3 is 12.3 Å². The third-order valence-electron chi connectivity index (χ3n) is 4.43. The summed E-state index contributed by atoms with van der Waals surface area (Å²) in [4.78, 5) is 12.3. The van der Waals surface area contributed by atoms with E-state index in [0.29, 0.717) is 25.9 Å². The summed E-state index contributed by atoms with van der Waals surface area (Å²) in [7, 11) is 0. The number of fused-ring (bicyclic) bond motifs is 1. The van der Waals surface area contributed by atoms with Gasteiger partial charge in [-0.15, -0.1) is 10.2 Å². The minimum absolute atomic E-state index is 0.165. The van der Waals surface area contributed by atoms with Crippen molar-refractivity contribution in [1.82, 2.24) is 15.1 Å². The molecular weight excluding hydrogens is 337 g/mol. The van der Waals surface area contributed by atoms with Gasteiger partial charge < -0.3 is 15.3 Å². The van der Waals surface area contributed by atoms with Crippen LogP contribution in [0.25, 0.3) is 0 Å². The van der Waals surface area contributed by atoms with Crippen LogP contribution in [0, 0.1) is 11.8 Å². The highest BCUT2D eigenvalue weighted by Crippen LogP contribution is 2.41. The predicted octanol–water partition coefficient (Wildman–Crippen LogP) is 2.95. The molecular formula is C13H14ClF3N4O2. The van der Waals surface area contributed by atoms with Gasteiger partial charge in [0.15, 0.2) is 11.0 Å². The quantitative estimate of drug-likeness (QED) is 0.857. The predicted molar refractivity (Wildman–Crippen MR) is 75.3 cm³/mol. The Balaban J connectivity index is 1.70. The van der Waals surface area contributed by atoms with Crippen LogP contribution in [0.15, 0.2) is 6.07 Å². The van der Waals surface area contributed by atoms with Crippen LogP contribution < -0.4 is 5.32 Å². The van der Waals surface area contributed by atoms with Crippen molar-refractivity contribution in [2.75, 3.05) is 18.4 Å². The van der Waals surface area contributed by atoms with Gasteiger partial charge in [-0.3, -0.25) is 0 Å². The van der Waals surface area contributed by atoms with Gasteiger partial charge in [-0.1, -0.05) is 11.6 Å². The zero-order chi connectivity index (χ0) is 16.8. The Hall–Kier alpha value is -1.77. The van der Waals surface area contributed by atoms with Crippen molar-refractivity contribution < 1.29 is 23.1 Å². The summed E-state index contributed by atoms with van der Waals surface area (Å²) in [6.45, 7) is 0.854. The van der Waals surface area contributed by atoms with E-state index >= 15 is 0 Å². The number of anilines is 1. The normalized spacial score (nSPS) is 27.1. The Labute approximate surface area is 134 Å². The number of hydrogen-bond donors (Lipinski definition) is 2. The first-order chi connectivity index (χ1) is 10.7. The molecule has 1 aromatic rings. The molecule has 1 aliphatic heterocycles. The van der Waals surface area contributed by atoms with Gasteiger partial charge in [0.1, 0.15) is 5.56 Å². The van der Waals surface area contributed by atoms with Crippen LogP contribution in [0.1, 0.15) is 18.4 Å². The number of carbonyl (C=O) groups is 1. The Morgan fingerprint density at radius 1 is 1.30 bits per heavy atom. The maximum atomic E-state index is 13.0. The summed E-state index contributed by atoms with van der Waals surface area (Å²) >= 11 is 5.50. The van der Waals surface area contributed by atoms with Crippen LogP contribution in [0.4, 0.5) is 23.8 Å². The lowest BCUT2D eigenvalue weighted by atomic mass is 10.0.